The van der Waals surface area contributed by atoms with Crippen molar-refractivity contribution in [2.75, 3.05) is 6.54 Å². The van der Waals surface area contributed by atoms with Crippen LogP contribution in [0.4, 0.5) is 0 Å². The van der Waals surface area contributed by atoms with Gasteiger partial charge in [-0.3, -0.25) is 14.6 Å². The standard InChI is InChI=1S/C24H19N3O5/c1-14-7-9-16(10-8-14)32-18-6-2-5-17-20(18)21(15-4-3-11-25-12-15)27-22(23(17)30)24(31)26-13-19(28)29/h2-12,30H,13H2,1H3,(H,26,31)(H,28,29). The summed E-state index contributed by atoms with van der Waals surface area (Å²) in [5, 5.41) is 22.8. The van der Waals surface area contributed by atoms with Crippen molar-refractivity contribution in [1.29, 1.82) is 0 Å². The lowest BCUT2D eigenvalue weighted by Gasteiger charge is -2.15. The molecule has 8 nitrogen and oxygen atoms in total. The van der Waals surface area contributed by atoms with Gasteiger partial charge in [0, 0.05) is 23.3 Å². The normalized spacial score (nSPS) is 10.7. The van der Waals surface area contributed by atoms with Gasteiger partial charge in [0.2, 0.25) is 0 Å². The van der Waals surface area contributed by atoms with Crippen LogP contribution in [-0.2, 0) is 4.79 Å². The van der Waals surface area contributed by atoms with E-state index in [1.807, 2.05) is 31.2 Å². The molecule has 160 valence electrons. The Bertz CT molecular complexity index is 1310. The number of aryl methyl sites for hydroxylation is 1. The summed E-state index contributed by atoms with van der Waals surface area (Å²) in [4.78, 5) is 31.9. The van der Waals surface area contributed by atoms with Crippen molar-refractivity contribution >= 4 is 22.6 Å². The number of hydrogen-bond donors (Lipinski definition) is 3. The van der Waals surface area contributed by atoms with Crippen LogP contribution in [0.15, 0.2) is 67.0 Å². The van der Waals surface area contributed by atoms with Crippen LogP contribution in [0.3, 0.4) is 0 Å². The van der Waals surface area contributed by atoms with E-state index in [2.05, 4.69) is 15.3 Å². The summed E-state index contributed by atoms with van der Waals surface area (Å²) in [7, 11) is 0. The summed E-state index contributed by atoms with van der Waals surface area (Å²) < 4.78 is 6.09. The number of aromatic nitrogens is 2. The van der Waals surface area contributed by atoms with Gasteiger partial charge in [-0.2, -0.15) is 0 Å². The van der Waals surface area contributed by atoms with E-state index >= 15 is 0 Å². The average Bonchev–Trinajstić information content (AvgIpc) is 2.80. The SMILES string of the molecule is Cc1ccc(Oc2cccc3c(O)c(C(=O)NCC(=O)O)nc(-c4cccnc4)c23)cc1. The number of carboxylic acid groups (broad SMARTS) is 1. The summed E-state index contributed by atoms with van der Waals surface area (Å²) in [6, 6.07) is 16.1. The first-order valence-electron chi connectivity index (χ1n) is 9.74. The molecular weight excluding hydrogens is 410 g/mol. The van der Waals surface area contributed by atoms with Crippen molar-refractivity contribution in [2.45, 2.75) is 6.92 Å². The molecule has 2 aromatic carbocycles. The fraction of sp³-hybridized carbons (Fsp3) is 0.0833. The first-order valence-corrected chi connectivity index (χ1v) is 9.74. The number of fused-ring (bicyclic) bond motifs is 1. The molecule has 4 rings (SSSR count). The zero-order valence-corrected chi connectivity index (χ0v) is 17.1. The van der Waals surface area contributed by atoms with Gasteiger partial charge >= 0.3 is 5.97 Å². The number of nitrogens with one attached hydrogen (secondary N) is 1. The second kappa shape index (κ2) is 8.73. The van der Waals surface area contributed by atoms with Gasteiger partial charge in [-0.1, -0.05) is 29.8 Å². The fourth-order valence-electron chi connectivity index (χ4n) is 3.25. The van der Waals surface area contributed by atoms with Gasteiger partial charge in [-0.25, -0.2) is 4.98 Å². The maximum atomic E-state index is 12.6. The number of carbonyl (C=O) groups is 2. The zero-order valence-electron chi connectivity index (χ0n) is 17.1. The lowest BCUT2D eigenvalue weighted by molar-refractivity contribution is -0.135. The number of benzene rings is 2. The van der Waals surface area contributed by atoms with Crippen molar-refractivity contribution < 1.29 is 24.5 Å². The van der Waals surface area contributed by atoms with Gasteiger partial charge in [0.25, 0.3) is 5.91 Å². The molecule has 0 aliphatic rings. The summed E-state index contributed by atoms with van der Waals surface area (Å²) in [6.45, 7) is 1.37. The van der Waals surface area contributed by atoms with E-state index in [1.165, 1.54) is 0 Å². The quantitative estimate of drug-likeness (QED) is 0.425. The first-order chi connectivity index (χ1) is 15.4. The number of carboxylic acids is 1. The third kappa shape index (κ3) is 4.20. The largest absolute Gasteiger partial charge is 0.505 e. The van der Waals surface area contributed by atoms with Crippen LogP contribution in [-0.4, -0.2) is 38.6 Å². The summed E-state index contributed by atoms with van der Waals surface area (Å²) >= 11 is 0. The highest BCUT2D eigenvalue weighted by Crippen LogP contribution is 2.41. The molecule has 2 aromatic heterocycles. The van der Waals surface area contributed by atoms with Gasteiger partial charge in [0.05, 0.1) is 11.1 Å². The molecule has 3 N–H and O–H groups in total. The molecule has 2 heterocycles. The number of ether oxygens (including phenoxy) is 1. The van der Waals surface area contributed by atoms with Crippen molar-refractivity contribution in [3.05, 3.63) is 78.2 Å². The van der Waals surface area contributed by atoms with Crippen LogP contribution in [0.1, 0.15) is 16.1 Å². The molecule has 8 heteroatoms. The minimum absolute atomic E-state index is 0.287. The van der Waals surface area contributed by atoms with Crippen LogP contribution in [0.5, 0.6) is 17.2 Å². The lowest BCUT2D eigenvalue weighted by Crippen LogP contribution is -2.30. The van der Waals surface area contributed by atoms with E-state index in [4.69, 9.17) is 9.84 Å². The van der Waals surface area contributed by atoms with Crippen molar-refractivity contribution in [3.8, 4) is 28.5 Å². The van der Waals surface area contributed by atoms with Gasteiger partial charge in [-0.15, -0.1) is 0 Å². The average molecular weight is 429 g/mol. The predicted octanol–water partition coefficient (Wildman–Crippen LogP) is 3.92. The van der Waals surface area contributed by atoms with E-state index in [1.54, 1.807) is 42.7 Å². The van der Waals surface area contributed by atoms with Gasteiger partial charge in [0.1, 0.15) is 18.0 Å². The van der Waals surface area contributed by atoms with Crippen LogP contribution in [0.25, 0.3) is 22.0 Å². The van der Waals surface area contributed by atoms with Crippen LogP contribution in [0, 0.1) is 6.92 Å². The Balaban J connectivity index is 1.92. The van der Waals surface area contributed by atoms with Crippen molar-refractivity contribution in [2.24, 2.45) is 0 Å². The monoisotopic (exact) mass is 429 g/mol. The summed E-state index contributed by atoms with van der Waals surface area (Å²) in [6.07, 6.45) is 3.19. The summed E-state index contributed by atoms with van der Waals surface area (Å²) in [5.74, 6) is -1.35. The highest BCUT2D eigenvalue weighted by molar-refractivity contribution is 6.08. The van der Waals surface area contributed by atoms with E-state index < -0.39 is 18.4 Å². The molecule has 0 atom stereocenters. The minimum Gasteiger partial charge on any atom is -0.505 e. The third-order valence-electron chi connectivity index (χ3n) is 4.77. The van der Waals surface area contributed by atoms with Crippen LogP contribution < -0.4 is 10.1 Å². The fourth-order valence-corrected chi connectivity index (χ4v) is 3.25. The topological polar surface area (TPSA) is 122 Å². The van der Waals surface area contributed by atoms with Crippen molar-refractivity contribution in [3.63, 3.8) is 0 Å². The lowest BCUT2D eigenvalue weighted by atomic mass is 10.0. The minimum atomic E-state index is -1.21. The number of amides is 1. The molecule has 0 aliphatic carbocycles. The Labute approximate surface area is 183 Å². The molecule has 1 amide bonds. The van der Waals surface area contributed by atoms with Crippen LogP contribution >= 0.6 is 0 Å². The van der Waals surface area contributed by atoms with Gasteiger partial charge in [-0.05, 0) is 37.3 Å². The Hall–Kier alpha value is -4.46. The number of carbonyl (C=O) groups excluding carboxylic acids is 1. The molecule has 0 fully saturated rings. The molecule has 0 radical (unpaired) electrons. The Morgan fingerprint density at radius 1 is 1.06 bits per heavy atom. The molecule has 0 aliphatic heterocycles. The Kier molecular flexibility index (Phi) is 5.67. The maximum Gasteiger partial charge on any atom is 0.322 e. The van der Waals surface area contributed by atoms with E-state index in [0.717, 1.165) is 5.56 Å². The number of aliphatic carboxylic acids is 1. The smallest absolute Gasteiger partial charge is 0.322 e. The maximum absolute atomic E-state index is 12.6. The van der Waals surface area contributed by atoms with Crippen LogP contribution in [0.2, 0.25) is 0 Å². The Morgan fingerprint density at radius 3 is 2.53 bits per heavy atom. The molecular formula is C24H19N3O5. The number of rotatable bonds is 6. The van der Waals surface area contributed by atoms with E-state index in [0.29, 0.717) is 33.5 Å². The highest BCUT2D eigenvalue weighted by atomic mass is 16.5. The predicted molar refractivity (Wildman–Crippen MR) is 118 cm³/mol. The molecule has 0 saturated heterocycles. The molecule has 4 aromatic rings. The second-order valence-electron chi connectivity index (χ2n) is 7.07. The second-order valence-corrected chi connectivity index (χ2v) is 7.07. The highest BCUT2D eigenvalue weighted by Gasteiger charge is 2.23. The first kappa shape index (κ1) is 20.8. The Morgan fingerprint density at radius 2 is 1.84 bits per heavy atom. The number of nitrogens with zero attached hydrogens (tertiary/aromatic N) is 2. The molecule has 0 saturated carbocycles. The van der Waals surface area contributed by atoms with E-state index in [9.17, 15) is 14.7 Å². The third-order valence-corrected chi connectivity index (χ3v) is 4.77. The number of hydrogen-bond acceptors (Lipinski definition) is 6. The van der Waals surface area contributed by atoms with Gasteiger partial charge < -0.3 is 20.3 Å². The van der Waals surface area contributed by atoms with Gasteiger partial charge in [0.15, 0.2) is 11.4 Å². The van der Waals surface area contributed by atoms with Crippen molar-refractivity contribution in [1.82, 2.24) is 15.3 Å². The molecule has 0 unspecified atom stereocenters. The van der Waals surface area contributed by atoms with E-state index in [-0.39, 0.29) is 11.4 Å². The number of pyridine rings is 2. The zero-order chi connectivity index (χ0) is 22.7. The molecule has 0 bridgehead atoms. The molecule has 0 spiro atoms. The molecule has 32 heavy (non-hydrogen) atoms. The summed E-state index contributed by atoms with van der Waals surface area (Å²) in [5.41, 5.74) is 1.77. The number of aromatic hydroxyl groups is 1.